The number of aromatic nitrogens is 2. The summed E-state index contributed by atoms with van der Waals surface area (Å²) in [6.45, 7) is 2.87. The van der Waals surface area contributed by atoms with E-state index < -0.39 is 57.2 Å². The minimum atomic E-state index is -4.96. The molecule has 0 spiro atoms. The van der Waals surface area contributed by atoms with Gasteiger partial charge in [-0.1, -0.05) is 5.16 Å². The van der Waals surface area contributed by atoms with Gasteiger partial charge in [-0.25, -0.2) is 4.98 Å². The van der Waals surface area contributed by atoms with Crippen LogP contribution in [0.4, 0.5) is 5.13 Å². The zero-order valence-electron chi connectivity index (χ0n) is 19.6. The fraction of sp³-hybridized carbons (Fsp3) is 0.421. The molecular formula is C19H23N5O10S3. The number of rotatable bonds is 11. The topological polar surface area (TPSA) is 224 Å². The second-order valence-corrected chi connectivity index (χ2v) is 11.1. The van der Waals surface area contributed by atoms with E-state index in [9.17, 15) is 33.1 Å². The lowest BCUT2D eigenvalue weighted by atomic mass is 9.74. The van der Waals surface area contributed by atoms with Gasteiger partial charge >= 0.3 is 10.4 Å². The number of thiazole rings is 1. The number of β-lactam (4-membered cyclic amide) rings is 1. The molecule has 0 unspecified atom stereocenters. The molecule has 15 nitrogen and oxygen atoms in total. The average molecular weight is 578 g/mol. The van der Waals surface area contributed by atoms with E-state index in [0.29, 0.717) is 9.79 Å². The van der Waals surface area contributed by atoms with Crippen LogP contribution in [-0.2, 0) is 29.1 Å². The highest BCUT2D eigenvalue weighted by Crippen LogP contribution is 2.40. The molecule has 0 aromatic carbocycles. The van der Waals surface area contributed by atoms with E-state index in [1.807, 2.05) is 0 Å². The summed E-state index contributed by atoms with van der Waals surface area (Å²) < 4.78 is 35.8. The van der Waals surface area contributed by atoms with Crippen molar-refractivity contribution < 1.29 is 42.0 Å². The Morgan fingerprint density at radius 1 is 1.41 bits per heavy atom. The molecule has 2 aromatic heterocycles. The number of nitrogen functional groups attached to an aromatic ring is 1. The minimum absolute atomic E-state index is 0.0399. The minimum Gasteiger partial charge on any atom is -0.503 e. The van der Waals surface area contributed by atoms with Crippen LogP contribution in [0.15, 0.2) is 27.6 Å². The van der Waals surface area contributed by atoms with E-state index in [2.05, 4.69) is 14.4 Å². The Labute approximate surface area is 218 Å². The smallest absolute Gasteiger partial charge is 0.418 e. The van der Waals surface area contributed by atoms with Crippen molar-refractivity contribution in [3.63, 3.8) is 0 Å². The van der Waals surface area contributed by atoms with Crippen molar-refractivity contribution in [1.29, 1.82) is 0 Å². The van der Waals surface area contributed by atoms with Crippen LogP contribution < -0.4 is 11.2 Å². The number of hydroxylamine groups is 2. The van der Waals surface area contributed by atoms with Gasteiger partial charge in [0.2, 0.25) is 5.43 Å². The van der Waals surface area contributed by atoms with E-state index >= 15 is 0 Å². The largest absolute Gasteiger partial charge is 0.503 e. The van der Waals surface area contributed by atoms with E-state index in [0.717, 1.165) is 23.6 Å². The molecule has 202 valence electrons. The van der Waals surface area contributed by atoms with Crippen molar-refractivity contribution in [1.82, 2.24) is 14.8 Å². The predicted molar refractivity (Wildman–Crippen MR) is 131 cm³/mol. The normalized spacial score (nSPS) is 18.4. The molecule has 1 fully saturated rings. The van der Waals surface area contributed by atoms with Crippen LogP contribution in [0.3, 0.4) is 0 Å². The van der Waals surface area contributed by atoms with Crippen molar-refractivity contribution in [2.24, 2.45) is 11.1 Å². The van der Waals surface area contributed by atoms with Gasteiger partial charge in [0.25, 0.3) is 5.91 Å². The van der Waals surface area contributed by atoms with Gasteiger partial charge in [-0.15, -0.1) is 15.6 Å². The number of oxime groups is 1. The average Bonchev–Trinajstić information content (AvgIpc) is 3.22. The highest BCUT2D eigenvalue weighted by Gasteiger charge is 2.57. The van der Waals surface area contributed by atoms with Gasteiger partial charge in [0.1, 0.15) is 11.4 Å². The van der Waals surface area contributed by atoms with Crippen LogP contribution in [0, 0.1) is 5.92 Å². The second kappa shape index (κ2) is 10.7. The fourth-order valence-electron chi connectivity index (χ4n) is 3.49. The number of hydrogen-bond acceptors (Lipinski definition) is 14. The second-order valence-electron chi connectivity index (χ2n) is 8.32. The summed E-state index contributed by atoms with van der Waals surface area (Å²) in [5.41, 5.74) is 3.30. The Hall–Kier alpha value is -3.19. The number of aromatic hydroxyl groups is 1. The summed E-state index contributed by atoms with van der Waals surface area (Å²) in [7, 11) is -4.96. The molecule has 0 saturated carbocycles. The predicted octanol–water partition coefficient (Wildman–Crippen LogP) is 0.586. The van der Waals surface area contributed by atoms with E-state index in [4.69, 9.17) is 15.1 Å². The van der Waals surface area contributed by atoms with Gasteiger partial charge in [0, 0.05) is 23.6 Å². The first-order valence-electron chi connectivity index (χ1n) is 10.3. The standard InChI is InChI=1S/C19H23N5O10S3/c1-19(2)9(17(28)24(19)34-37(30,31)32)4-13(26)16(10-7-36-18(20)21-10)22-33-15(8-35-3)11-5-12(25)14(27)6-23(11)29/h5-7,9,15,27,29H,4,8H2,1-3H3,(H2,20,21)(H,30,31,32)/b22-16-/t9-,15-/m1/s1. The van der Waals surface area contributed by atoms with Crippen LogP contribution in [0.25, 0.3) is 0 Å². The van der Waals surface area contributed by atoms with Crippen molar-refractivity contribution >= 4 is 56.0 Å². The number of nitrogens with zero attached hydrogens (tertiary/aromatic N) is 4. The highest BCUT2D eigenvalue weighted by molar-refractivity contribution is 7.98. The van der Waals surface area contributed by atoms with E-state index in [-0.39, 0.29) is 28.0 Å². The van der Waals surface area contributed by atoms with Crippen LogP contribution in [0.2, 0.25) is 0 Å². The Morgan fingerprint density at radius 2 is 2.08 bits per heavy atom. The van der Waals surface area contributed by atoms with Crippen LogP contribution >= 0.6 is 23.1 Å². The number of ketones is 1. The highest BCUT2D eigenvalue weighted by atomic mass is 32.3. The monoisotopic (exact) mass is 577 g/mol. The van der Waals surface area contributed by atoms with Gasteiger partial charge in [-0.3, -0.25) is 18.9 Å². The van der Waals surface area contributed by atoms with Gasteiger partial charge in [-0.2, -0.15) is 30.0 Å². The van der Waals surface area contributed by atoms with Crippen molar-refractivity contribution in [2.75, 3.05) is 17.7 Å². The number of thioether (sulfide) groups is 1. The molecule has 37 heavy (non-hydrogen) atoms. The zero-order chi connectivity index (χ0) is 27.7. The number of anilines is 1. The Kier molecular flexibility index (Phi) is 8.18. The maximum absolute atomic E-state index is 13.2. The summed E-state index contributed by atoms with van der Waals surface area (Å²) in [5.74, 6) is -3.12. The van der Waals surface area contributed by atoms with E-state index in [1.165, 1.54) is 31.0 Å². The molecule has 2 atom stereocenters. The first-order chi connectivity index (χ1) is 17.2. The third-order valence-electron chi connectivity index (χ3n) is 5.42. The number of amides is 1. The van der Waals surface area contributed by atoms with Crippen LogP contribution in [-0.4, -0.2) is 73.0 Å². The van der Waals surface area contributed by atoms with Crippen molar-refractivity contribution in [2.45, 2.75) is 31.9 Å². The summed E-state index contributed by atoms with van der Waals surface area (Å²) in [4.78, 5) is 47.2. The molecule has 2 aromatic rings. The molecule has 0 radical (unpaired) electrons. The molecule has 0 bridgehead atoms. The quantitative estimate of drug-likeness (QED) is 0.0944. The first-order valence-corrected chi connectivity index (χ1v) is 13.9. The molecule has 1 aliphatic rings. The van der Waals surface area contributed by atoms with Gasteiger partial charge in [-0.05, 0) is 20.1 Å². The van der Waals surface area contributed by atoms with Gasteiger partial charge < -0.3 is 20.9 Å². The third-order valence-corrected chi connectivity index (χ3v) is 7.07. The third kappa shape index (κ3) is 6.21. The molecular weight excluding hydrogens is 554 g/mol. The molecule has 18 heteroatoms. The molecule has 1 saturated heterocycles. The lowest BCUT2D eigenvalue weighted by Gasteiger charge is -2.50. The molecule has 5 N–H and O–H groups in total. The maximum Gasteiger partial charge on any atom is 0.418 e. The van der Waals surface area contributed by atoms with Crippen LogP contribution in [0.5, 0.6) is 5.75 Å². The van der Waals surface area contributed by atoms with E-state index in [1.54, 1.807) is 6.26 Å². The Bertz CT molecular complexity index is 1400. The number of carbonyl (C=O) groups excluding carboxylic acids is 2. The summed E-state index contributed by atoms with van der Waals surface area (Å²) in [5, 5.41) is 25.6. The summed E-state index contributed by atoms with van der Waals surface area (Å²) in [6.07, 6.45) is 1.01. The van der Waals surface area contributed by atoms with Crippen LogP contribution in [0.1, 0.15) is 37.8 Å². The van der Waals surface area contributed by atoms with Crippen molar-refractivity contribution in [3.05, 3.63) is 39.3 Å². The number of nitrogens with two attached hydrogens (primary N) is 1. The SMILES string of the molecule is CSC[C@@H](O/N=C(\C(=O)C[C@@H]1C(=O)N(OS(=O)(=O)O)C1(C)C)c1csc(N)n1)c1cc(=O)c(O)cn1O. The van der Waals surface area contributed by atoms with Crippen molar-refractivity contribution in [3.8, 4) is 5.75 Å². The first kappa shape index (κ1) is 28.4. The fourth-order valence-corrected chi connectivity index (χ4v) is 5.03. The number of pyridine rings is 1. The van der Waals surface area contributed by atoms with Gasteiger partial charge in [0.15, 0.2) is 28.5 Å². The summed E-state index contributed by atoms with van der Waals surface area (Å²) >= 11 is 2.29. The lowest BCUT2D eigenvalue weighted by molar-refractivity contribution is -0.228. The summed E-state index contributed by atoms with van der Waals surface area (Å²) in [6, 6.07) is 0.952. The molecule has 1 aliphatic heterocycles. The number of Topliss-reactive ketones (excluding diaryl/α,β-unsaturated/α-hetero) is 1. The lowest BCUT2D eigenvalue weighted by Crippen LogP contribution is -2.68. The molecule has 0 aliphatic carbocycles. The molecule has 3 rings (SSSR count). The maximum atomic E-state index is 13.2. The zero-order valence-corrected chi connectivity index (χ0v) is 22.0. The molecule has 3 heterocycles. The Morgan fingerprint density at radius 3 is 2.62 bits per heavy atom. The number of carbonyl (C=O) groups is 2. The Balaban J connectivity index is 1.90. The number of hydrogen-bond donors (Lipinski definition) is 4. The van der Waals surface area contributed by atoms with Gasteiger partial charge in [0.05, 0.1) is 17.7 Å². The molecule has 1 amide bonds.